The first kappa shape index (κ1) is 44.0. The summed E-state index contributed by atoms with van der Waals surface area (Å²) in [5.41, 5.74) is 3.43. The lowest BCUT2D eigenvalue weighted by atomic mass is 9.80. The fourth-order valence-corrected chi connectivity index (χ4v) is 6.92. The van der Waals surface area contributed by atoms with Crippen LogP contribution in [0.15, 0.2) is 103 Å². The molecule has 0 unspecified atom stereocenters. The highest BCUT2D eigenvalue weighted by atomic mass is 16.7. The smallest absolute Gasteiger partial charge is 0.434 e. The van der Waals surface area contributed by atoms with Crippen LogP contribution in [0.1, 0.15) is 152 Å². The predicted octanol–water partition coefficient (Wildman–Crippen LogP) is 13.5. The van der Waals surface area contributed by atoms with Gasteiger partial charge >= 0.3 is 6.16 Å². The third-order valence-corrected chi connectivity index (χ3v) is 9.96. The van der Waals surface area contributed by atoms with Crippen LogP contribution in [-0.4, -0.2) is 39.2 Å². The van der Waals surface area contributed by atoms with E-state index >= 15 is 0 Å². The average molecular weight is 727 g/mol. The first-order valence-corrected chi connectivity index (χ1v) is 21.0. The molecule has 0 amide bonds. The summed E-state index contributed by atoms with van der Waals surface area (Å²) < 4.78 is 23.1. The molecule has 0 aliphatic rings. The molecule has 0 saturated carbocycles. The van der Waals surface area contributed by atoms with Gasteiger partial charge in [-0.05, 0) is 41.5 Å². The van der Waals surface area contributed by atoms with E-state index in [2.05, 4.69) is 86.3 Å². The van der Waals surface area contributed by atoms with Crippen molar-refractivity contribution in [1.29, 1.82) is 0 Å². The third kappa shape index (κ3) is 18.5. The van der Waals surface area contributed by atoms with Crippen molar-refractivity contribution < 1.29 is 23.7 Å². The number of carbonyl (C=O) groups is 1. The first-order valence-electron chi connectivity index (χ1n) is 21.0. The molecule has 0 spiro atoms. The minimum Gasteiger partial charge on any atom is -0.434 e. The number of rotatable bonds is 32. The number of carbonyl (C=O) groups excluding carboxylic acids is 1. The quantitative estimate of drug-likeness (QED) is 0.0277. The van der Waals surface area contributed by atoms with Crippen molar-refractivity contribution in [3.8, 4) is 0 Å². The number of hydrogen-bond donors (Lipinski definition) is 0. The summed E-state index contributed by atoms with van der Waals surface area (Å²) in [5, 5.41) is 0. The summed E-state index contributed by atoms with van der Waals surface area (Å²) in [4.78, 5) is 12.0. The second-order valence-electron chi connectivity index (χ2n) is 14.5. The molecule has 0 N–H and O–H groups in total. The van der Waals surface area contributed by atoms with Gasteiger partial charge in [-0.2, -0.15) is 0 Å². The number of benzene rings is 3. The Kier molecular flexibility index (Phi) is 24.1. The van der Waals surface area contributed by atoms with Gasteiger partial charge in [-0.15, -0.1) is 0 Å². The van der Waals surface area contributed by atoms with Crippen molar-refractivity contribution in [3.05, 3.63) is 120 Å². The molecule has 0 atom stereocenters. The van der Waals surface area contributed by atoms with E-state index in [0.29, 0.717) is 26.4 Å². The summed E-state index contributed by atoms with van der Waals surface area (Å²) in [6, 6.07) is 31.5. The van der Waals surface area contributed by atoms with Gasteiger partial charge < -0.3 is 18.9 Å². The van der Waals surface area contributed by atoms with Gasteiger partial charge in [0.15, 0.2) is 0 Å². The Morgan fingerprint density at radius 3 is 1.28 bits per heavy atom. The standard InChI is InChI=1S/C48H70O5/c1-3-4-5-6-7-8-9-10-11-12-13-14-15-16-17-30-39-51-47(49)52-42-43(2)41-50-38-29-18-19-31-40-53-48(44-32-23-20-24-33-44,45-34-25-21-26-35-45)46-36-27-22-28-37-46/h20-28,32-37H,2-19,29-31,38-42H2,1H3. The third-order valence-electron chi connectivity index (χ3n) is 9.96. The van der Waals surface area contributed by atoms with Gasteiger partial charge in [0.2, 0.25) is 0 Å². The summed E-state index contributed by atoms with van der Waals surface area (Å²) >= 11 is 0. The molecule has 0 aromatic heterocycles. The van der Waals surface area contributed by atoms with Crippen LogP contribution in [0.4, 0.5) is 4.79 Å². The van der Waals surface area contributed by atoms with E-state index in [1.807, 2.05) is 18.2 Å². The van der Waals surface area contributed by atoms with Crippen LogP contribution in [0.25, 0.3) is 0 Å². The van der Waals surface area contributed by atoms with E-state index in [9.17, 15) is 4.79 Å². The summed E-state index contributed by atoms with van der Waals surface area (Å²) in [7, 11) is 0. The number of unbranched alkanes of at least 4 members (excludes halogenated alkanes) is 18. The van der Waals surface area contributed by atoms with E-state index in [1.165, 1.54) is 89.9 Å². The second-order valence-corrected chi connectivity index (χ2v) is 14.5. The Hall–Kier alpha value is -3.41. The maximum Gasteiger partial charge on any atom is 0.508 e. The lowest BCUT2D eigenvalue weighted by Gasteiger charge is -2.36. The molecular weight excluding hydrogens is 657 g/mol. The number of hydrogen-bond acceptors (Lipinski definition) is 5. The molecule has 3 aromatic rings. The van der Waals surface area contributed by atoms with Gasteiger partial charge in [0.1, 0.15) is 12.2 Å². The van der Waals surface area contributed by atoms with Crippen molar-refractivity contribution >= 4 is 6.16 Å². The Labute approximate surface area is 322 Å². The molecule has 0 aliphatic heterocycles. The second kappa shape index (κ2) is 29.0. The van der Waals surface area contributed by atoms with E-state index in [0.717, 1.165) is 60.8 Å². The zero-order valence-electron chi connectivity index (χ0n) is 33.1. The van der Waals surface area contributed by atoms with Gasteiger partial charge in [0, 0.05) is 13.2 Å². The van der Waals surface area contributed by atoms with E-state index in [-0.39, 0.29) is 6.61 Å². The maximum absolute atomic E-state index is 12.0. The topological polar surface area (TPSA) is 54.0 Å². The molecule has 3 rings (SSSR count). The van der Waals surface area contributed by atoms with Crippen LogP contribution in [-0.2, 0) is 24.5 Å². The zero-order chi connectivity index (χ0) is 37.5. The maximum atomic E-state index is 12.0. The fraction of sp³-hybridized carbons (Fsp3) is 0.562. The van der Waals surface area contributed by atoms with Crippen molar-refractivity contribution in [3.63, 3.8) is 0 Å². The molecular formula is C48H70O5. The zero-order valence-corrected chi connectivity index (χ0v) is 33.1. The van der Waals surface area contributed by atoms with Crippen LogP contribution in [0.2, 0.25) is 0 Å². The monoisotopic (exact) mass is 727 g/mol. The molecule has 0 bridgehead atoms. The van der Waals surface area contributed by atoms with Crippen molar-refractivity contribution in [2.24, 2.45) is 0 Å². The Morgan fingerprint density at radius 1 is 0.472 bits per heavy atom. The molecule has 5 nitrogen and oxygen atoms in total. The van der Waals surface area contributed by atoms with E-state index in [1.54, 1.807) is 0 Å². The van der Waals surface area contributed by atoms with E-state index in [4.69, 9.17) is 18.9 Å². The Bertz CT molecular complexity index is 1210. The molecule has 0 aliphatic carbocycles. The molecule has 0 fully saturated rings. The van der Waals surface area contributed by atoms with Gasteiger partial charge in [-0.25, -0.2) is 4.79 Å². The first-order chi connectivity index (χ1) is 26.2. The van der Waals surface area contributed by atoms with Gasteiger partial charge in [0.25, 0.3) is 0 Å². The van der Waals surface area contributed by atoms with Crippen molar-refractivity contribution in [2.45, 2.75) is 141 Å². The highest BCUT2D eigenvalue weighted by Crippen LogP contribution is 2.40. The summed E-state index contributed by atoms with van der Waals surface area (Å²) in [5.74, 6) is 0. The van der Waals surface area contributed by atoms with Gasteiger partial charge in [0.05, 0.1) is 13.2 Å². The van der Waals surface area contributed by atoms with Crippen molar-refractivity contribution in [2.75, 3.05) is 33.0 Å². The fourth-order valence-electron chi connectivity index (χ4n) is 6.92. The lowest BCUT2D eigenvalue weighted by molar-refractivity contribution is 0.0104. The molecule has 3 aromatic carbocycles. The largest absolute Gasteiger partial charge is 0.508 e. The summed E-state index contributed by atoms with van der Waals surface area (Å²) in [6.07, 6.45) is 24.5. The minimum absolute atomic E-state index is 0.126. The van der Waals surface area contributed by atoms with Gasteiger partial charge in [-0.3, -0.25) is 0 Å². The molecule has 53 heavy (non-hydrogen) atoms. The average Bonchev–Trinajstić information content (AvgIpc) is 3.20. The van der Waals surface area contributed by atoms with Crippen LogP contribution < -0.4 is 0 Å². The number of ether oxygens (including phenoxy) is 4. The SMILES string of the molecule is C=C(COCCCCCCOC(c1ccccc1)(c1ccccc1)c1ccccc1)COC(=O)OCCCCCCCCCCCCCCCCCC. The molecule has 0 saturated heterocycles. The Balaban J connectivity index is 1.15. The van der Waals surface area contributed by atoms with Crippen LogP contribution in [0, 0.1) is 0 Å². The van der Waals surface area contributed by atoms with Gasteiger partial charge in [-0.1, -0.05) is 214 Å². The lowest BCUT2D eigenvalue weighted by Crippen LogP contribution is -2.33. The van der Waals surface area contributed by atoms with Crippen LogP contribution in [0.3, 0.4) is 0 Å². The van der Waals surface area contributed by atoms with E-state index < -0.39 is 11.8 Å². The van der Waals surface area contributed by atoms with Crippen molar-refractivity contribution in [1.82, 2.24) is 0 Å². The molecule has 5 heteroatoms. The van der Waals surface area contributed by atoms with Crippen LogP contribution in [0.5, 0.6) is 0 Å². The molecule has 292 valence electrons. The minimum atomic E-state index is -0.673. The highest BCUT2D eigenvalue weighted by molar-refractivity contribution is 5.60. The summed E-state index contributed by atoms with van der Waals surface area (Å²) in [6.45, 7) is 8.47. The molecule has 0 heterocycles. The highest BCUT2D eigenvalue weighted by Gasteiger charge is 2.37. The Morgan fingerprint density at radius 2 is 0.849 bits per heavy atom. The predicted molar refractivity (Wildman–Crippen MR) is 220 cm³/mol. The molecule has 0 radical (unpaired) electrons. The normalized spacial score (nSPS) is 11.4. The van der Waals surface area contributed by atoms with Crippen LogP contribution >= 0.6 is 0 Å².